The van der Waals surface area contributed by atoms with Crippen LogP contribution < -0.4 is 0 Å². The Balaban J connectivity index is 2.41. The molecule has 0 aromatic carbocycles. The third kappa shape index (κ3) is 3.01. The molecule has 4 nitrogen and oxygen atoms in total. The lowest BCUT2D eigenvalue weighted by Crippen LogP contribution is -2.12. The van der Waals surface area contributed by atoms with Crippen LogP contribution in [0.25, 0.3) is 0 Å². The molecule has 0 heterocycles. The second kappa shape index (κ2) is 4.12. The summed E-state index contributed by atoms with van der Waals surface area (Å²) in [6, 6.07) is 0. The van der Waals surface area contributed by atoms with Gasteiger partial charge in [-0.1, -0.05) is 24.3 Å². The minimum atomic E-state index is -3.58. The van der Waals surface area contributed by atoms with Crippen LogP contribution in [0.15, 0.2) is 24.3 Å². The first-order valence-electron chi connectivity index (χ1n) is 3.56. The van der Waals surface area contributed by atoms with Gasteiger partial charge < -0.3 is 0 Å². The molecule has 1 aliphatic rings. The van der Waals surface area contributed by atoms with Gasteiger partial charge in [-0.15, -0.1) is 4.52 Å². The Hall–Kier alpha value is -0.250. The molecule has 1 rings (SSSR count). The van der Waals surface area contributed by atoms with E-state index in [-0.39, 0.29) is 6.10 Å². The summed E-state index contributed by atoms with van der Waals surface area (Å²) in [7, 11) is -2.37. The van der Waals surface area contributed by atoms with Crippen LogP contribution in [0.1, 0.15) is 6.42 Å². The van der Waals surface area contributed by atoms with E-state index >= 15 is 0 Å². The van der Waals surface area contributed by atoms with Gasteiger partial charge in [-0.25, -0.2) is 0 Å². The average Bonchev–Trinajstić information content (AvgIpc) is 2.06. The van der Waals surface area contributed by atoms with E-state index in [2.05, 4.69) is 4.52 Å². The summed E-state index contributed by atoms with van der Waals surface area (Å²) in [4.78, 5) is 18.1. The molecule has 12 heavy (non-hydrogen) atoms. The van der Waals surface area contributed by atoms with E-state index in [1.54, 1.807) is 12.2 Å². The average molecular weight is 191 g/mol. The van der Waals surface area contributed by atoms with Crippen LogP contribution >= 0.6 is 8.17 Å². The highest BCUT2D eigenvalue weighted by Gasteiger charge is 2.40. The zero-order valence-corrected chi connectivity index (χ0v) is 7.65. The van der Waals surface area contributed by atoms with Crippen LogP contribution in [0.4, 0.5) is 0 Å². The third-order valence-corrected chi connectivity index (χ3v) is 2.47. The number of rotatable bonds is 3. The van der Waals surface area contributed by atoms with Crippen LogP contribution in [0, 0.1) is 0 Å². The lowest BCUT2D eigenvalue weighted by molar-refractivity contribution is 0.112. The smallest absolute Gasteiger partial charge is 0.168 e. The molecule has 0 saturated heterocycles. The minimum Gasteiger partial charge on any atom is -0.168 e. The monoisotopic (exact) mass is 191 g/mol. The molecular weight excluding hydrogens is 179 g/mol. The number of allylic oxidation sites excluding steroid dienone is 2. The molecule has 0 fully saturated rings. The minimum absolute atomic E-state index is 0.293. The SMILES string of the molecule is CO[P+](O)(O)OC1C=CC=CC1. The largest absolute Gasteiger partial charge is 0.570 e. The molecule has 0 saturated carbocycles. The maximum atomic E-state index is 9.04. The zero-order valence-electron chi connectivity index (χ0n) is 6.75. The molecule has 1 atom stereocenters. The van der Waals surface area contributed by atoms with Crippen molar-refractivity contribution in [3.8, 4) is 0 Å². The zero-order chi connectivity index (χ0) is 9.03. The molecule has 68 valence electrons. The van der Waals surface area contributed by atoms with Gasteiger partial charge in [0.15, 0.2) is 0 Å². The van der Waals surface area contributed by atoms with Crippen molar-refractivity contribution in [1.29, 1.82) is 0 Å². The molecule has 0 bridgehead atoms. The van der Waals surface area contributed by atoms with E-state index < -0.39 is 8.17 Å². The fraction of sp³-hybridized carbons (Fsp3) is 0.429. The Labute approximate surface area is 71.8 Å². The van der Waals surface area contributed by atoms with Gasteiger partial charge in [-0.05, 0) is 0 Å². The molecule has 0 radical (unpaired) electrons. The Morgan fingerprint density at radius 1 is 1.42 bits per heavy atom. The van der Waals surface area contributed by atoms with Crippen molar-refractivity contribution < 1.29 is 18.8 Å². The standard InChI is InChI=1S/C7H12O4P/c1-10-12(8,9)11-7-5-3-2-4-6-7/h2-5,7-9H,6H2,1H3/q+1. The van der Waals surface area contributed by atoms with Crippen LogP contribution in [-0.4, -0.2) is 23.0 Å². The van der Waals surface area contributed by atoms with Gasteiger partial charge in [0, 0.05) is 6.42 Å². The summed E-state index contributed by atoms with van der Waals surface area (Å²) in [6.45, 7) is 0. The van der Waals surface area contributed by atoms with Crippen molar-refractivity contribution in [3.05, 3.63) is 24.3 Å². The maximum absolute atomic E-state index is 9.04. The second-order valence-corrected chi connectivity index (χ2v) is 3.92. The van der Waals surface area contributed by atoms with Gasteiger partial charge >= 0.3 is 8.17 Å². The molecule has 0 spiro atoms. The van der Waals surface area contributed by atoms with Gasteiger partial charge in [0.1, 0.15) is 6.10 Å². The molecule has 2 N–H and O–H groups in total. The van der Waals surface area contributed by atoms with E-state index in [9.17, 15) is 0 Å². The third-order valence-electron chi connectivity index (χ3n) is 1.45. The fourth-order valence-electron chi connectivity index (χ4n) is 0.855. The first-order valence-corrected chi connectivity index (χ1v) is 5.09. The Kier molecular flexibility index (Phi) is 3.38. The first kappa shape index (κ1) is 9.84. The van der Waals surface area contributed by atoms with Crippen molar-refractivity contribution in [2.75, 3.05) is 7.11 Å². The highest BCUT2D eigenvalue weighted by atomic mass is 31.2. The van der Waals surface area contributed by atoms with Crippen molar-refractivity contribution >= 4 is 8.17 Å². The molecule has 0 aromatic rings. The summed E-state index contributed by atoms with van der Waals surface area (Å²) in [5.74, 6) is 0. The summed E-state index contributed by atoms with van der Waals surface area (Å²) >= 11 is 0. The van der Waals surface area contributed by atoms with Gasteiger partial charge in [0.2, 0.25) is 0 Å². The number of hydrogen-bond donors (Lipinski definition) is 2. The van der Waals surface area contributed by atoms with Crippen molar-refractivity contribution in [2.24, 2.45) is 0 Å². The van der Waals surface area contributed by atoms with E-state index in [4.69, 9.17) is 14.3 Å². The topological polar surface area (TPSA) is 58.9 Å². The highest BCUT2D eigenvalue weighted by molar-refractivity contribution is 7.54. The van der Waals surface area contributed by atoms with Gasteiger partial charge in [0.05, 0.1) is 7.11 Å². The lowest BCUT2D eigenvalue weighted by Gasteiger charge is -2.13. The predicted octanol–water partition coefficient (Wildman–Crippen LogP) is 1.20. The molecular formula is C7H12O4P+. The summed E-state index contributed by atoms with van der Waals surface area (Å²) in [6.07, 6.45) is 7.66. The van der Waals surface area contributed by atoms with E-state index in [1.165, 1.54) is 7.11 Å². The quantitative estimate of drug-likeness (QED) is 0.658. The molecule has 0 aliphatic heterocycles. The molecule has 0 aromatic heterocycles. The number of hydrogen-bond acceptors (Lipinski definition) is 4. The van der Waals surface area contributed by atoms with E-state index in [0.29, 0.717) is 6.42 Å². The molecule has 1 aliphatic carbocycles. The summed E-state index contributed by atoms with van der Waals surface area (Å²) < 4.78 is 9.27. The van der Waals surface area contributed by atoms with Gasteiger partial charge in [0.25, 0.3) is 0 Å². The predicted molar refractivity (Wildman–Crippen MR) is 46.1 cm³/mol. The Morgan fingerprint density at radius 3 is 2.67 bits per heavy atom. The van der Waals surface area contributed by atoms with Crippen LogP contribution in [0.2, 0.25) is 0 Å². The van der Waals surface area contributed by atoms with Crippen LogP contribution in [0.3, 0.4) is 0 Å². The normalized spacial score (nSPS) is 23.1. The summed E-state index contributed by atoms with van der Waals surface area (Å²) in [5.41, 5.74) is 0. The first-order chi connectivity index (χ1) is 5.64. The Bertz CT molecular complexity index is 200. The van der Waals surface area contributed by atoms with Gasteiger partial charge in [-0.2, -0.15) is 14.3 Å². The van der Waals surface area contributed by atoms with E-state index in [1.807, 2.05) is 12.2 Å². The van der Waals surface area contributed by atoms with Crippen molar-refractivity contribution in [1.82, 2.24) is 0 Å². The van der Waals surface area contributed by atoms with E-state index in [0.717, 1.165) is 0 Å². The van der Waals surface area contributed by atoms with Crippen molar-refractivity contribution in [3.63, 3.8) is 0 Å². The summed E-state index contributed by atoms with van der Waals surface area (Å²) in [5, 5.41) is 0. The van der Waals surface area contributed by atoms with Crippen molar-refractivity contribution in [2.45, 2.75) is 12.5 Å². The fourth-order valence-corrected chi connectivity index (χ4v) is 1.45. The second-order valence-electron chi connectivity index (χ2n) is 2.37. The maximum Gasteiger partial charge on any atom is 0.570 e. The lowest BCUT2D eigenvalue weighted by atomic mass is 10.1. The highest BCUT2D eigenvalue weighted by Crippen LogP contribution is 2.53. The Morgan fingerprint density at radius 2 is 2.17 bits per heavy atom. The molecule has 5 heteroatoms. The molecule has 1 unspecified atom stereocenters. The van der Waals surface area contributed by atoms with Gasteiger partial charge in [-0.3, -0.25) is 0 Å². The van der Waals surface area contributed by atoms with Crippen LogP contribution in [-0.2, 0) is 9.05 Å². The van der Waals surface area contributed by atoms with Crippen LogP contribution in [0.5, 0.6) is 0 Å². The molecule has 0 amide bonds.